The summed E-state index contributed by atoms with van der Waals surface area (Å²) in [5, 5.41) is 0. The monoisotopic (exact) mass is 207 g/mol. The number of hydrogen-bond donors (Lipinski definition) is 1. The van der Waals surface area contributed by atoms with Gasteiger partial charge in [-0.05, 0) is 36.6 Å². The topological polar surface area (TPSA) is 26.0 Å². The molecule has 0 atom stereocenters. The quantitative estimate of drug-likeness (QED) is 0.587. The average Bonchev–Trinajstić information content (AvgIpc) is 2.21. The number of allylic oxidation sites excluding steroid dienone is 1. The average molecular weight is 207 g/mol. The van der Waals surface area contributed by atoms with E-state index in [1.807, 2.05) is 19.1 Å². The third kappa shape index (κ3) is 3.39. The molecular weight excluding hydrogens is 189 g/mol. The van der Waals surface area contributed by atoms with Crippen molar-refractivity contribution in [3.63, 3.8) is 0 Å². The summed E-state index contributed by atoms with van der Waals surface area (Å²) >= 11 is 0. The van der Waals surface area contributed by atoms with Crippen LogP contribution in [-0.4, -0.2) is 0 Å². The van der Waals surface area contributed by atoms with Crippen molar-refractivity contribution in [3.8, 4) is 0 Å². The molecule has 0 aliphatic rings. The zero-order chi connectivity index (χ0) is 11.3. The van der Waals surface area contributed by atoms with Gasteiger partial charge in [-0.2, -0.15) is 0 Å². The van der Waals surface area contributed by atoms with Crippen LogP contribution >= 0.6 is 0 Å². The van der Waals surface area contributed by atoms with Crippen LogP contribution in [0.1, 0.15) is 37.3 Å². The Morgan fingerprint density at radius 3 is 2.73 bits per heavy atom. The normalized spacial score (nSPS) is 11.1. The van der Waals surface area contributed by atoms with E-state index in [1.54, 1.807) is 0 Å². The first-order chi connectivity index (χ1) is 7.15. The molecule has 0 aliphatic carbocycles. The van der Waals surface area contributed by atoms with Gasteiger partial charge in [0.1, 0.15) is 5.82 Å². The van der Waals surface area contributed by atoms with Crippen molar-refractivity contribution in [3.05, 3.63) is 35.2 Å². The maximum absolute atomic E-state index is 13.3. The van der Waals surface area contributed by atoms with Gasteiger partial charge in [-0.15, -0.1) is 0 Å². The van der Waals surface area contributed by atoms with Crippen molar-refractivity contribution in [2.24, 2.45) is 0 Å². The predicted octanol–water partition coefficient (Wildman–Crippen LogP) is 3.92. The summed E-state index contributed by atoms with van der Waals surface area (Å²) < 4.78 is 13.3. The minimum atomic E-state index is -0.329. The van der Waals surface area contributed by atoms with Crippen LogP contribution in [0.15, 0.2) is 18.2 Å². The fraction of sp³-hybridized carbons (Fsp3) is 0.385. The minimum Gasteiger partial charge on any atom is -0.396 e. The fourth-order valence-corrected chi connectivity index (χ4v) is 1.42. The molecule has 0 saturated heterocycles. The lowest BCUT2D eigenvalue weighted by Crippen LogP contribution is -1.94. The first kappa shape index (κ1) is 11.8. The first-order valence-corrected chi connectivity index (χ1v) is 5.37. The Labute approximate surface area is 90.8 Å². The van der Waals surface area contributed by atoms with Crippen LogP contribution in [0.5, 0.6) is 0 Å². The highest BCUT2D eigenvalue weighted by molar-refractivity contribution is 5.58. The second-order valence-electron chi connectivity index (χ2n) is 3.78. The number of nitrogen functional groups attached to an aromatic ring is 1. The minimum absolute atomic E-state index is 0.251. The van der Waals surface area contributed by atoms with Crippen molar-refractivity contribution in [2.45, 2.75) is 33.1 Å². The highest BCUT2D eigenvalue weighted by atomic mass is 19.1. The van der Waals surface area contributed by atoms with Crippen LogP contribution in [0.4, 0.5) is 10.1 Å². The number of halogens is 1. The second-order valence-corrected chi connectivity index (χ2v) is 3.78. The van der Waals surface area contributed by atoms with E-state index in [0.29, 0.717) is 0 Å². The Morgan fingerprint density at radius 2 is 2.13 bits per heavy atom. The molecule has 0 fully saturated rings. The standard InChI is InChI=1S/C13H18FN/c1-3-4-5-6-7-11-8-10(2)13(15)12(14)9-11/h6-9H,3-5,15H2,1-2H3. The molecule has 0 bridgehead atoms. The van der Waals surface area contributed by atoms with Crippen LogP contribution in [-0.2, 0) is 0 Å². The van der Waals surface area contributed by atoms with Crippen molar-refractivity contribution >= 4 is 11.8 Å². The van der Waals surface area contributed by atoms with E-state index >= 15 is 0 Å². The number of nitrogens with two attached hydrogens (primary N) is 1. The Hall–Kier alpha value is -1.31. The van der Waals surface area contributed by atoms with Crippen molar-refractivity contribution in [1.82, 2.24) is 0 Å². The third-order valence-corrected chi connectivity index (χ3v) is 2.39. The van der Waals surface area contributed by atoms with Gasteiger partial charge < -0.3 is 5.73 Å². The summed E-state index contributed by atoms with van der Waals surface area (Å²) in [4.78, 5) is 0. The first-order valence-electron chi connectivity index (χ1n) is 5.37. The van der Waals surface area contributed by atoms with Crippen LogP contribution in [0.25, 0.3) is 6.08 Å². The molecule has 0 unspecified atom stereocenters. The molecule has 1 rings (SSSR count). The molecule has 0 spiro atoms. The maximum Gasteiger partial charge on any atom is 0.146 e. The van der Waals surface area contributed by atoms with E-state index in [4.69, 9.17) is 5.73 Å². The third-order valence-electron chi connectivity index (χ3n) is 2.39. The largest absolute Gasteiger partial charge is 0.396 e. The SMILES string of the molecule is CCCCC=Cc1cc(C)c(N)c(F)c1. The Kier molecular flexibility index (Phi) is 4.35. The van der Waals surface area contributed by atoms with Gasteiger partial charge in [0.2, 0.25) is 0 Å². The zero-order valence-corrected chi connectivity index (χ0v) is 9.39. The number of benzene rings is 1. The number of unbranched alkanes of at least 4 members (excludes halogenated alkanes) is 2. The molecule has 0 saturated carbocycles. The summed E-state index contributed by atoms with van der Waals surface area (Å²) in [6.45, 7) is 3.97. The molecule has 1 nitrogen and oxygen atoms in total. The summed E-state index contributed by atoms with van der Waals surface area (Å²) in [6, 6.07) is 3.38. The Morgan fingerprint density at radius 1 is 1.40 bits per heavy atom. The van der Waals surface area contributed by atoms with Crippen molar-refractivity contribution in [2.75, 3.05) is 5.73 Å². The fourth-order valence-electron chi connectivity index (χ4n) is 1.42. The highest BCUT2D eigenvalue weighted by Crippen LogP contribution is 2.18. The Bertz CT molecular complexity index is 333. The van der Waals surface area contributed by atoms with Gasteiger partial charge in [0, 0.05) is 0 Å². The lowest BCUT2D eigenvalue weighted by atomic mass is 10.1. The predicted molar refractivity (Wildman–Crippen MR) is 64.1 cm³/mol. The molecule has 1 aromatic rings. The number of rotatable bonds is 4. The molecule has 15 heavy (non-hydrogen) atoms. The van der Waals surface area contributed by atoms with Crippen LogP contribution in [0.3, 0.4) is 0 Å². The van der Waals surface area contributed by atoms with Gasteiger partial charge in [-0.1, -0.05) is 31.9 Å². The van der Waals surface area contributed by atoms with E-state index < -0.39 is 0 Å². The summed E-state index contributed by atoms with van der Waals surface area (Å²) in [6.07, 6.45) is 7.42. The van der Waals surface area contributed by atoms with Gasteiger partial charge in [0.25, 0.3) is 0 Å². The molecule has 82 valence electrons. The summed E-state index contributed by atoms with van der Waals surface area (Å²) in [5.41, 5.74) is 7.46. The molecule has 0 aliphatic heterocycles. The maximum atomic E-state index is 13.3. The van der Waals surface area contributed by atoms with E-state index in [-0.39, 0.29) is 11.5 Å². The van der Waals surface area contributed by atoms with Gasteiger partial charge in [0.15, 0.2) is 0 Å². The number of hydrogen-bond acceptors (Lipinski definition) is 1. The highest BCUT2D eigenvalue weighted by Gasteiger charge is 2.02. The number of anilines is 1. The summed E-state index contributed by atoms with van der Waals surface area (Å²) in [5.74, 6) is -0.329. The van der Waals surface area contributed by atoms with E-state index in [9.17, 15) is 4.39 Å². The van der Waals surface area contributed by atoms with E-state index in [1.165, 1.54) is 18.9 Å². The van der Waals surface area contributed by atoms with Crippen LogP contribution in [0, 0.1) is 12.7 Å². The summed E-state index contributed by atoms with van der Waals surface area (Å²) in [7, 11) is 0. The Balaban J connectivity index is 2.74. The van der Waals surface area contributed by atoms with Crippen LogP contribution in [0.2, 0.25) is 0 Å². The number of aryl methyl sites for hydroxylation is 1. The second kappa shape index (κ2) is 5.54. The molecule has 2 N–H and O–H groups in total. The van der Waals surface area contributed by atoms with Gasteiger partial charge in [-0.3, -0.25) is 0 Å². The molecule has 0 amide bonds. The molecule has 2 heteroatoms. The van der Waals surface area contributed by atoms with E-state index in [0.717, 1.165) is 17.5 Å². The lowest BCUT2D eigenvalue weighted by molar-refractivity contribution is 0.631. The van der Waals surface area contributed by atoms with Crippen LogP contribution < -0.4 is 5.73 Å². The zero-order valence-electron chi connectivity index (χ0n) is 9.39. The van der Waals surface area contributed by atoms with Gasteiger partial charge >= 0.3 is 0 Å². The molecule has 1 aromatic carbocycles. The van der Waals surface area contributed by atoms with Gasteiger partial charge in [0.05, 0.1) is 5.69 Å². The molecule has 0 radical (unpaired) electrons. The smallest absolute Gasteiger partial charge is 0.146 e. The molecule has 0 aromatic heterocycles. The molecule has 0 heterocycles. The van der Waals surface area contributed by atoms with Gasteiger partial charge in [-0.25, -0.2) is 4.39 Å². The van der Waals surface area contributed by atoms with E-state index in [2.05, 4.69) is 13.0 Å². The van der Waals surface area contributed by atoms with Crippen molar-refractivity contribution in [1.29, 1.82) is 0 Å². The molecular formula is C13H18FN. The van der Waals surface area contributed by atoms with Crippen molar-refractivity contribution < 1.29 is 4.39 Å². The lowest BCUT2D eigenvalue weighted by Gasteiger charge is -2.03.